The summed E-state index contributed by atoms with van der Waals surface area (Å²) < 4.78 is 1.98. The molecule has 6 nitrogen and oxygen atoms in total. The summed E-state index contributed by atoms with van der Waals surface area (Å²) in [4.78, 5) is 13.8. The molecule has 2 aliphatic rings. The van der Waals surface area contributed by atoms with Crippen LogP contribution in [0.5, 0.6) is 0 Å². The van der Waals surface area contributed by atoms with Crippen LogP contribution in [0.25, 0.3) is 5.32 Å². The Labute approximate surface area is 181 Å². The van der Waals surface area contributed by atoms with Gasteiger partial charge in [0.1, 0.15) is 7.05 Å². The van der Waals surface area contributed by atoms with Crippen molar-refractivity contribution < 1.29 is 9.37 Å². The Bertz CT molecular complexity index is 1040. The number of hydrogen-bond donors (Lipinski definition) is 3. The fourth-order valence-electron chi connectivity index (χ4n) is 3.25. The zero-order chi connectivity index (χ0) is 20.9. The highest BCUT2D eigenvalue weighted by atomic mass is 32.2. The minimum atomic E-state index is -0.107. The average Bonchev–Trinajstić information content (AvgIpc) is 2.74. The number of nitrogens with one attached hydrogen (secondary N) is 3. The third-order valence-corrected chi connectivity index (χ3v) is 5.92. The molecule has 0 fully saturated rings. The Balaban J connectivity index is 1.35. The van der Waals surface area contributed by atoms with Gasteiger partial charge >= 0.3 is 0 Å². The van der Waals surface area contributed by atoms with Gasteiger partial charge in [-0.1, -0.05) is 30.7 Å². The molecule has 0 bridgehead atoms. The first-order chi connectivity index (χ1) is 14.6. The maximum Gasteiger partial charge on any atom is 0.255 e. The second-order valence-corrected chi connectivity index (χ2v) is 8.37. The second kappa shape index (κ2) is 9.09. The molecule has 3 N–H and O–H groups in total. The van der Waals surface area contributed by atoms with Crippen LogP contribution in [0.4, 0.5) is 11.4 Å². The van der Waals surface area contributed by atoms with Crippen molar-refractivity contribution in [2.75, 3.05) is 30.0 Å². The molecule has 0 aromatic heterocycles. The van der Waals surface area contributed by atoms with E-state index in [-0.39, 0.29) is 11.9 Å². The number of allylic oxidation sites excluding steroid dienone is 1. The molecule has 0 saturated heterocycles. The monoisotopic (exact) mass is 419 g/mol. The molecule has 4 rings (SSSR count). The maximum atomic E-state index is 12.7. The molecule has 154 valence electrons. The molecule has 7 heteroatoms. The SMILES string of the molecule is CC([N-]C=CNC1=C[N+](C)=C1)c1cccc(NC(=O)c2ccc3c(c2)SCCN3)c1. The fourth-order valence-corrected chi connectivity index (χ4v) is 4.18. The van der Waals surface area contributed by atoms with Crippen LogP contribution < -0.4 is 16.0 Å². The van der Waals surface area contributed by atoms with Gasteiger partial charge in [-0.25, -0.2) is 4.58 Å². The Kier molecular flexibility index (Phi) is 6.09. The zero-order valence-corrected chi connectivity index (χ0v) is 17.9. The Hall–Kier alpha value is -3.19. The molecule has 0 spiro atoms. The number of nitrogens with zero attached hydrogens (tertiary/aromatic N) is 2. The second-order valence-electron chi connectivity index (χ2n) is 7.23. The van der Waals surface area contributed by atoms with Crippen molar-refractivity contribution >= 4 is 35.3 Å². The van der Waals surface area contributed by atoms with Crippen LogP contribution in [-0.2, 0) is 0 Å². The topological polar surface area (TPSA) is 70.3 Å². The van der Waals surface area contributed by atoms with E-state index < -0.39 is 0 Å². The first kappa shape index (κ1) is 20.1. The molecule has 30 heavy (non-hydrogen) atoms. The van der Waals surface area contributed by atoms with E-state index in [0.717, 1.165) is 39.8 Å². The molecule has 1 atom stereocenters. The lowest BCUT2D eigenvalue weighted by atomic mass is 10.1. The number of rotatable bonds is 7. The van der Waals surface area contributed by atoms with Crippen LogP contribution in [0.3, 0.4) is 0 Å². The first-order valence-electron chi connectivity index (χ1n) is 9.91. The number of anilines is 2. The molecule has 2 aliphatic heterocycles. The van der Waals surface area contributed by atoms with E-state index in [4.69, 9.17) is 0 Å². The van der Waals surface area contributed by atoms with Crippen LogP contribution in [-0.4, -0.2) is 36.0 Å². The molecular weight excluding hydrogens is 394 g/mol. The van der Waals surface area contributed by atoms with Gasteiger partial charge in [-0.15, -0.1) is 11.8 Å². The fraction of sp³-hybridized carbons (Fsp3) is 0.217. The molecule has 2 heterocycles. The smallest absolute Gasteiger partial charge is 0.255 e. The van der Waals surface area contributed by atoms with Gasteiger partial charge in [0.05, 0.1) is 0 Å². The summed E-state index contributed by atoms with van der Waals surface area (Å²) in [5.41, 5.74) is 4.62. The molecule has 1 amide bonds. The van der Waals surface area contributed by atoms with Crippen molar-refractivity contribution in [1.29, 1.82) is 0 Å². The van der Waals surface area contributed by atoms with Crippen LogP contribution in [0, 0.1) is 0 Å². The number of hydrogen-bond acceptors (Lipinski definition) is 4. The van der Waals surface area contributed by atoms with Gasteiger partial charge in [-0.2, -0.15) is 6.20 Å². The van der Waals surface area contributed by atoms with Gasteiger partial charge in [0.15, 0.2) is 18.1 Å². The quantitative estimate of drug-likeness (QED) is 0.577. The van der Waals surface area contributed by atoms with Crippen molar-refractivity contribution in [3.05, 3.63) is 83.2 Å². The largest absolute Gasteiger partial charge is 0.683 e. The Morgan fingerprint density at radius 1 is 1.30 bits per heavy atom. The number of fused-ring (bicyclic) bond motifs is 1. The van der Waals surface area contributed by atoms with Gasteiger partial charge in [0, 0.05) is 34.1 Å². The minimum absolute atomic E-state index is 0.0202. The van der Waals surface area contributed by atoms with E-state index in [0.29, 0.717) is 5.56 Å². The number of benzene rings is 2. The summed E-state index contributed by atoms with van der Waals surface area (Å²) in [5.74, 6) is 0.906. The van der Waals surface area contributed by atoms with Crippen LogP contribution in [0.1, 0.15) is 28.9 Å². The third kappa shape index (κ3) is 4.86. The summed E-state index contributed by atoms with van der Waals surface area (Å²) in [6.07, 6.45) is 7.58. The minimum Gasteiger partial charge on any atom is -0.683 e. The van der Waals surface area contributed by atoms with Gasteiger partial charge in [0.2, 0.25) is 0 Å². The van der Waals surface area contributed by atoms with Gasteiger partial charge in [-0.05, 0) is 36.5 Å². The highest BCUT2D eigenvalue weighted by molar-refractivity contribution is 7.99. The Morgan fingerprint density at radius 3 is 3.00 bits per heavy atom. The lowest BCUT2D eigenvalue weighted by Gasteiger charge is -2.26. The first-order valence-corrected chi connectivity index (χ1v) is 10.9. The highest BCUT2D eigenvalue weighted by Gasteiger charge is 2.13. The molecular formula is C23H25N5OS. The molecule has 2 aromatic carbocycles. The van der Waals surface area contributed by atoms with Crippen LogP contribution in [0.15, 0.2) is 71.7 Å². The van der Waals surface area contributed by atoms with Gasteiger partial charge < -0.3 is 21.3 Å². The van der Waals surface area contributed by atoms with E-state index in [1.807, 2.05) is 79.6 Å². The standard InChI is InChI=1S/C23H25N5OS/c1-16(24-8-9-25-20-14-28(2)15-20)17-4-3-5-19(12-17)27-23(29)18-6-7-21-22(13-18)30-11-10-26-21/h3-9,12-16,25H,10-11H2,1-2H3,(H2,26,27,29). The highest BCUT2D eigenvalue weighted by Crippen LogP contribution is 2.32. The van der Waals surface area contributed by atoms with E-state index in [2.05, 4.69) is 21.3 Å². The molecule has 1 unspecified atom stereocenters. The molecule has 0 saturated carbocycles. The number of carbonyl (C=O) groups excluding carboxylic acids is 1. The predicted molar refractivity (Wildman–Crippen MR) is 124 cm³/mol. The summed E-state index contributed by atoms with van der Waals surface area (Å²) in [7, 11) is 1.98. The summed E-state index contributed by atoms with van der Waals surface area (Å²) >= 11 is 1.77. The number of amides is 1. The van der Waals surface area contributed by atoms with E-state index in [1.165, 1.54) is 0 Å². The summed E-state index contributed by atoms with van der Waals surface area (Å²) in [5, 5.41) is 14.1. The number of thioether (sulfide) groups is 1. The van der Waals surface area contributed by atoms with Gasteiger partial charge in [0.25, 0.3) is 5.91 Å². The van der Waals surface area contributed by atoms with E-state index in [9.17, 15) is 4.79 Å². The predicted octanol–water partition coefficient (Wildman–Crippen LogP) is 4.52. The molecule has 2 aromatic rings. The van der Waals surface area contributed by atoms with Gasteiger partial charge in [-0.3, -0.25) is 4.79 Å². The summed E-state index contributed by atoms with van der Waals surface area (Å²) in [6, 6.07) is 13.6. The summed E-state index contributed by atoms with van der Waals surface area (Å²) in [6.45, 7) is 2.99. The molecule has 0 radical (unpaired) electrons. The third-order valence-electron chi connectivity index (χ3n) is 4.87. The zero-order valence-electron chi connectivity index (χ0n) is 17.1. The van der Waals surface area contributed by atoms with Crippen molar-refractivity contribution in [2.24, 2.45) is 0 Å². The lowest BCUT2D eigenvalue weighted by molar-refractivity contribution is -0.429. The average molecular weight is 420 g/mol. The number of carbonyl (C=O) groups is 1. The van der Waals surface area contributed by atoms with Crippen molar-refractivity contribution in [1.82, 2.24) is 5.32 Å². The van der Waals surface area contributed by atoms with Crippen LogP contribution >= 0.6 is 11.8 Å². The van der Waals surface area contributed by atoms with Crippen molar-refractivity contribution in [2.45, 2.75) is 17.9 Å². The van der Waals surface area contributed by atoms with Crippen LogP contribution in [0.2, 0.25) is 0 Å². The van der Waals surface area contributed by atoms with E-state index >= 15 is 0 Å². The van der Waals surface area contributed by atoms with E-state index in [1.54, 1.807) is 18.0 Å². The lowest BCUT2D eigenvalue weighted by Crippen LogP contribution is -2.21. The maximum absolute atomic E-state index is 12.7. The molecule has 0 aliphatic carbocycles. The Morgan fingerprint density at radius 2 is 2.17 bits per heavy atom. The van der Waals surface area contributed by atoms with Crippen molar-refractivity contribution in [3.63, 3.8) is 0 Å². The van der Waals surface area contributed by atoms with Crippen molar-refractivity contribution in [3.8, 4) is 0 Å². The normalized spacial score (nSPS) is 15.8.